The molecule has 16 heavy (non-hydrogen) atoms. The lowest BCUT2D eigenvalue weighted by Gasteiger charge is -2.21. The summed E-state index contributed by atoms with van der Waals surface area (Å²) >= 11 is 0. The second-order valence-corrected chi connectivity index (χ2v) is 4.38. The van der Waals surface area contributed by atoms with E-state index in [9.17, 15) is 18.0 Å². The van der Waals surface area contributed by atoms with E-state index in [1.165, 1.54) is 0 Å². The fourth-order valence-electron chi connectivity index (χ4n) is 2.24. The van der Waals surface area contributed by atoms with Gasteiger partial charge in [0.1, 0.15) is 0 Å². The number of likely N-dealkylation sites (tertiary alicyclic amines) is 1. The molecule has 0 spiro atoms. The van der Waals surface area contributed by atoms with Gasteiger partial charge in [-0.2, -0.15) is 13.2 Å². The van der Waals surface area contributed by atoms with Crippen LogP contribution in [0, 0.1) is 5.92 Å². The molecule has 1 atom stereocenters. The molecule has 1 aliphatic heterocycles. The lowest BCUT2D eigenvalue weighted by molar-refractivity contribution is -0.185. The molecule has 1 saturated heterocycles. The maximum Gasteiger partial charge on any atom is 0.471 e. The summed E-state index contributed by atoms with van der Waals surface area (Å²) in [6.45, 7) is 2.57. The first-order valence-corrected chi connectivity index (χ1v) is 5.81. The van der Waals surface area contributed by atoms with Crippen molar-refractivity contribution < 1.29 is 18.0 Å². The summed E-state index contributed by atoms with van der Waals surface area (Å²) in [5, 5.41) is 0. The number of alkyl halides is 3. The summed E-state index contributed by atoms with van der Waals surface area (Å²) in [5.74, 6) is -1.19. The van der Waals surface area contributed by atoms with E-state index in [1.807, 2.05) is 0 Å². The van der Waals surface area contributed by atoms with Crippen LogP contribution in [0.4, 0.5) is 13.2 Å². The lowest BCUT2D eigenvalue weighted by Crippen LogP contribution is -2.41. The molecule has 0 bridgehead atoms. The average molecular weight is 237 g/mol. The van der Waals surface area contributed by atoms with Crippen molar-refractivity contribution in [2.24, 2.45) is 5.92 Å². The molecule has 0 radical (unpaired) electrons. The van der Waals surface area contributed by atoms with Crippen LogP contribution >= 0.6 is 0 Å². The van der Waals surface area contributed by atoms with E-state index in [0.717, 1.165) is 24.2 Å². The molecule has 1 unspecified atom stereocenters. The molecule has 2 nitrogen and oxygen atoms in total. The molecular formula is C11H18F3NO. The number of rotatable bonds is 2. The lowest BCUT2D eigenvalue weighted by atomic mass is 9.96. The third-order valence-corrected chi connectivity index (χ3v) is 3.07. The van der Waals surface area contributed by atoms with Crippen LogP contribution in [0.2, 0.25) is 0 Å². The van der Waals surface area contributed by atoms with Crippen LogP contribution in [0.3, 0.4) is 0 Å². The summed E-state index contributed by atoms with van der Waals surface area (Å²) in [6, 6.07) is 0. The molecule has 0 N–H and O–H groups in total. The highest BCUT2D eigenvalue weighted by Crippen LogP contribution is 2.25. The van der Waals surface area contributed by atoms with Crippen LogP contribution in [-0.4, -0.2) is 30.1 Å². The zero-order chi connectivity index (χ0) is 12.2. The molecule has 1 amide bonds. The van der Waals surface area contributed by atoms with Gasteiger partial charge in [0.2, 0.25) is 0 Å². The smallest absolute Gasteiger partial charge is 0.335 e. The monoisotopic (exact) mass is 237 g/mol. The summed E-state index contributed by atoms with van der Waals surface area (Å²) in [6.07, 6.45) is -0.284. The van der Waals surface area contributed by atoms with Gasteiger partial charge < -0.3 is 4.90 Å². The average Bonchev–Trinajstić information content (AvgIpc) is 2.41. The Morgan fingerprint density at radius 3 is 2.56 bits per heavy atom. The summed E-state index contributed by atoms with van der Waals surface area (Å²) < 4.78 is 36.7. The van der Waals surface area contributed by atoms with E-state index in [4.69, 9.17) is 0 Å². The Kier molecular flexibility index (Phi) is 4.62. The maximum atomic E-state index is 12.2. The van der Waals surface area contributed by atoms with Gasteiger partial charge in [0.05, 0.1) is 0 Å². The Bertz CT molecular complexity index is 240. The van der Waals surface area contributed by atoms with Gasteiger partial charge in [0, 0.05) is 13.1 Å². The van der Waals surface area contributed by atoms with E-state index >= 15 is 0 Å². The van der Waals surface area contributed by atoms with Crippen molar-refractivity contribution >= 4 is 5.91 Å². The second-order valence-electron chi connectivity index (χ2n) is 4.38. The van der Waals surface area contributed by atoms with Gasteiger partial charge in [0.15, 0.2) is 0 Å². The molecule has 94 valence electrons. The largest absolute Gasteiger partial charge is 0.471 e. The van der Waals surface area contributed by atoms with Crippen LogP contribution in [0.15, 0.2) is 0 Å². The van der Waals surface area contributed by atoms with Crippen LogP contribution in [0.1, 0.15) is 39.0 Å². The number of amides is 1. The maximum absolute atomic E-state index is 12.2. The number of nitrogens with zero attached hydrogens (tertiary/aromatic N) is 1. The molecule has 0 aromatic rings. The molecule has 0 saturated carbocycles. The third-order valence-electron chi connectivity index (χ3n) is 3.07. The minimum atomic E-state index is -4.72. The molecule has 1 rings (SSSR count). The highest BCUT2D eigenvalue weighted by Gasteiger charge is 2.42. The number of carbonyl (C=O) groups is 1. The zero-order valence-corrected chi connectivity index (χ0v) is 9.52. The highest BCUT2D eigenvalue weighted by atomic mass is 19.4. The fraction of sp³-hybridized carbons (Fsp3) is 0.909. The predicted octanol–water partition coefficient (Wildman–Crippen LogP) is 2.98. The fourth-order valence-corrected chi connectivity index (χ4v) is 2.24. The summed E-state index contributed by atoms with van der Waals surface area (Å²) in [4.78, 5) is 12.0. The summed E-state index contributed by atoms with van der Waals surface area (Å²) in [7, 11) is 0. The van der Waals surface area contributed by atoms with E-state index < -0.39 is 12.1 Å². The minimum absolute atomic E-state index is 0.249. The van der Waals surface area contributed by atoms with Crippen LogP contribution in [-0.2, 0) is 4.79 Å². The first-order chi connectivity index (χ1) is 7.45. The van der Waals surface area contributed by atoms with E-state index in [-0.39, 0.29) is 13.1 Å². The molecule has 0 aromatic heterocycles. The Hall–Kier alpha value is -0.740. The zero-order valence-electron chi connectivity index (χ0n) is 9.52. The molecule has 0 aromatic carbocycles. The quantitative estimate of drug-likeness (QED) is 0.723. The van der Waals surface area contributed by atoms with Gasteiger partial charge in [-0.25, -0.2) is 0 Å². The normalized spacial score (nSPS) is 23.0. The van der Waals surface area contributed by atoms with Gasteiger partial charge >= 0.3 is 12.1 Å². The van der Waals surface area contributed by atoms with Crippen LogP contribution < -0.4 is 0 Å². The van der Waals surface area contributed by atoms with E-state index in [1.54, 1.807) is 0 Å². The van der Waals surface area contributed by atoms with Crippen molar-refractivity contribution in [3.63, 3.8) is 0 Å². The van der Waals surface area contributed by atoms with Gasteiger partial charge in [0.25, 0.3) is 0 Å². The molecular weight excluding hydrogens is 219 g/mol. The standard InChI is InChI=1S/C11H18F3NO/c1-2-4-9-5-3-7-15(8-6-9)10(16)11(12,13)14/h9H,2-8H2,1H3. The van der Waals surface area contributed by atoms with Crippen molar-refractivity contribution in [3.05, 3.63) is 0 Å². The van der Waals surface area contributed by atoms with Crippen molar-refractivity contribution in [2.45, 2.75) is 45.2 Å². The van der Waals surface area contributed by atoms with Gasteiger partial charge in [-0.05, 0) is 25.2 Å². The first-order valence-electron chi connectivity index (χ1n) is 5.81. The Balaban J connectivity index is 2.50. The predicted molar refractivity (Wildman–Crippen MR) is 54.9 cm³/mol. The van der Waals surface area contributed by atoms with Gasteiger partial charge in [-0.3, -0.25) is 4.79 Å². The Morgan fingerprint density at radius 1 is 1.31 bits per heavy atom. The molecule has 0 aliphatic carbocycles. The highest BCUT2D eigenvalue weighted by molar-refractivity contribution is 5.81. The number of hydrogen-bond donors (Lipinski definition) is 0. The molecule has 1 aliphatic rings. The van der Waals surface area contributed by atoms with Gasteiger partial charge in [-0.1, -0.05) is 19.8 Å². The van der Waals surface area contributed by atoms with E-state index in [2.05, 4.69) is 6.92 Å². The third kappa shape index (κ3) is 3.68. The van der Waals surface area contributed by atoms with Crippen molar-refractivity contribution in [1.82, 2.24) is 4.90 Å². The molecule has 5 heteroatoms. The van der Waals surface area contributed by atoms with Crippen LogP contribution in [0.25, 0.3) is 0 Å². The SMILES string of the molecule is CCCC1CCCN(C(=O)C(F)(F)F)CC1. The van der Waals surface area contributed by atoms with Crippen molar-refractivity contribution in [1.29, 1.82) is 0 Å². The van der Waals surface area contributed by atoms with E-state index in [0.29, 0.717) is 18.8 Å². The number of halogens is 3. The Morgan fingerprint density at radius 2 is 2.00 bits per heavy atom. The number of hydrogen-bond acceptors (Lipinski definition) is 1. The summed E-state index contributed by atoms with van der Waals surface area (Å²) in [5.41, 5.74) is 0. The number of carbonyl (C=O) groups excluding carboxylic acids is 1. The molecule has 1 fully saturated rings. The minimum Gasteiger partial charge on any atom is -0.335 e. The van der Waals surface area contributed by atoms with Gasteiger partial charge in [-0.15, -0.1) is 0 Å². The van der Waals surface area contributed by atoms with Crippen LogP contribution in [0.5, 0.6) is 0 Å². The molecule has 1 heterocycles. The first kappa shape index (κ1) is 13.3. The topological polar surface area (TPSA) is 20.3 Å². The Labute approximate surface area is 93.8 Å². The second kappa shape index (κ2) is 5.55. The van der Waals surface area contributed by atoms with Crippen molar-refractivity contribution in [3.8, 4) is 0 Å². The van der Waals surface area contributed by atoms with Crippen molar-refractivity contribution in [2.75, 3.05) is 13.1 Å².